The number of rotatable bonds is 8. The Balaban J connectivity index is 1.99. The van der Waals surface area contributed by atoms with Gasteiger partial charge in [0.1, 0.15) is 12.3 Å². The molecule has 1 aromatic carbocycles. The zero-order valence-corrected chi connectivity index (χ0v) is 15.1. The Kier molecular flexibility index (Phi) is 6.69. The maximum absolute atomic E-state index is 12.1. The first-order chi connectivity index (χ1) is 12.8. The summed E-state index contributed by atoms with van der Waals surface area (Å²) in [4.78, 5) is 47.2. The number of nitro groups is 1. The third-order valence-electron chi connectivity index (χ3n) is 3.88. The molecule has 10 heteroatoms. The molecule has 0 unspecified atom stereocenters. The van der Waals surface area contributed by atoms with Crippen molar-refractivity contribution < 1.29 is 28.8 Å². The van der Waals surface area contributed by atoms with Crippen molar-refractivity contribution in [1.82, 2.24) is 5.32 Å². The van der Waals surface area contributed by atoms with Crippen LogP contribution in [-0.4, -0.2) is 48.5 Å². The van der Waals surface area contributed by atoms with Gasteiger partial charge in [-0.2, -0.15) is 0 Å². The molecule has 27 heavy (non-hydrogen) atoms. The molecule has 1 aromatic rings. The van der Waals surface area contributed by atoms with E-state index < -0.39 is 35.9 Å². The fourth-order valence-corrected chi connectivity index (χ4v) is 2.62. The average Bonchev–Trinajstić information content (AvgIpc) is 2.62. The lowest BCUT2D eigenvalue weighted by Gasteiger charge is -2.28. The zero-order chi connectivity index (χ0) is 20.0. The van der Waals surface area contributed by atoms with Crippen LogP contribution in [0.4, 0.5) is 11.4 Å². The number of nitrogens with zero attached hydrogens (tertiary/aromatic N) is 2. The van der Waals surface area contributed by atoms with E-state index in [1.807, 2.05) is 13.8 Å². The number of esters is 1. The molecular formula is C17H21N3O7. The van der Waals surface area contributed by atoms with Crippen molar-refractivity contribution in [3.05, 3.63) is 28.3 Å². The van der Waals surface area contributed by atoms with E-state index in [1.165, 1.54) is 12.1 Å². The molecule has 0 fully saturated rings. The van der Waals surface area contributed by atoms with E-state index in [9.17, 15) is 24.5 Å². The fourth-order valence-electron chi connectivity index (χ4n) is 2.62. The highest BCUT2D eigenvalue weighted by Crippen LogP contribution is 2.35. The molecule has 0 bridgehead atoms. The summed E-state index contributed by atoms with van der Waals surface area (Å²) in [6.07, 6.45) is 1.71. The highest BCUT2D eigenvalue weighted by Gasteiger charge is 2.29. The van der Waals surface area contributed by atoms with Crippen molar-refractivity contribution in [2.75, 3.05) is 24.7 Å². The topological polar surface area (TPSA) is 128 Å². The molecule has 2 amide bonds. The predicted octanol–water partition coefficient (Wildman–Crippen LogP) is 1.17. The van der Waals surface area contributed by atoms with Crippen LogP contribution < -0.4 is 15.0 Å². The minimum atomic E-state index is -0.805. The second kappa shape index (κ2) is 8.97. The zero-order valence-electron chi connectivity index (χ0n) is 15.1. The van der Waals surface area contributed by atoms with Gasteiger partial charge in [-0.15, -0.1) is 0 Å². The molecule has 0 aliphatic carbocycles. The number of hydrogen-bond donors (Lipinski definition) is 1. The lowest BCUT2D eigenvalue weighted by molar-refractivity contribution is -0.384. The molecular weight excluding hydrogens is 358 g/mol. The van der Waals surface area contributed by atoms with Crippen LogP contribution in [0.2, 0.25) is 0 Å². The fraction of sp³-hybridized carbons (Fsp3) is 0.471. The van der Waals surface area contributed by atoms with E-state index in [0.29, 0.717) is 0 Å². The summed E-state index contributed by atoms with van der Waals surface area (Å²) < 4.78 is 10.1. The highest BCUT2D eigenvalue weighted by atomic mass is 16.6. The molecule has 1 atom stereocenters. The third-order valence-corrected chi connectivity index (χ3v) is 3.88. The molecule has 0 aromatic heterocycles. The smallest absolute Gasteiger partial charge is 0.326 e. The van der Waals surface area contributed by atoms with Crippen LogP contribution in [0.25, 0.3) is 0 Å². The Labute approximate surface area is 155 Å². The van der Waals surface area contributed by atoms with Crippen molar-refractivity contribution in [3.8, 4) is 5.75 Å². The normalized spacial score (nSPS) is 14.0. The summed E-state index contributed by atoms with van der Waals surface area (Å²) in [5, 5.41) is 13.6. The number of nitro benzene ring substituents is 1. The van der Waals surface area contributed by atoms with E-state index in [4.69, 9.17) is 9.47 Å². The Morgan fingerprint density at radius 3 is 2.85 bits per heavy atom. The van der Waals surface area contributed by atoms with E-state index in [1.54, 1.807) is 0 Å². The van der Waals surface area contributed by atoms with Crippen molar-refractivity contribution in [1.29, 1.82) is 0 Å². The predicted molar refractivity (Wildman–Crippen MR) is 94.4 cm³/mol. The van der Waals surface area contributed by atoms with Crippen molar-refractivity contribution in [2.45, 2.75) is 32.7 Å². The number of nitrogens with one attached hydrogen (secondary N) is 1. The quantitative estimate of drug-likeness (QED) is 0.408. The van der Waals surface area contributed by atoms with Crippen LogP contribution in [0.5, 0.6) is 5.75 Å². The first-order valence-corrected chi connectivity index (χ1v) is 8.48. The molecule has 0 spiro atoms. The second-order valence-corrected chi connectivity index (χ2v) is 6.10. The first kappa shape index (κ1) is 20.1. The van der Waals surface area contributed by atoms with Crippen LogP contribution in [-0.2, 0) is 19.1 Å². The number of ether oxygens (including phenoxy) is 2. The Morgan fingerprint density at radius 2 is 2.19 bits per heavy atom. The molecule has 146 valence electrons. The number of hydrogen-bond acceptors (Lipinski definition) is 7. The van der Waals surface area contributed by atoms with Crippen molar-refractivity contribution >= 4 is 29.2 Å². The van der Waals surface area contributed by atoms with Gasteiger partial charge in [-0.1, -0.05) is 13.3 Å². The largest absolute Gasteiger partial charge is 0.482 e. The SMILES string of the molecule is CCC[C@@H](C)NC(=O)COC(=O)CN1C(=O)COc2ccc([N+](=O)[O-])cc21. The molecule has 0 saturated carbocycles. The van der Waals surface area contributed by atoms with Gasteiger partial charge in [0, 0.05) is 18.2 Å². The summed E-state index contributed by atoms with van der Waals surface area (Å²) in [7, 11) is 0. The highest BCUT2D eigenvalue weighted by molar-refractivity contribution is 6.01. The number of benzene rings is 1. The van der Waals surface area contributed by atoms with E-state index in [-0.39, 0.29) is 29.8 Å². The monoisotopic (exact) mass is 379 g/mol. The number of carbonyl (C=O) groups excluding carboxylic acids is 3. The van der Waals surface area contributed by atoms with Gasteiger partial charge in [-0.25, -0.2) is 0 Å². The van der Waals surface area contributed by atoms with Crippen LogP contribution >= 0.6 is 0 Å². The molecule has 0 saturated heterocycles. The minimum absolute atomic E-state index is 0.0329. The Hall–Kier alpha value is -3.17. The summed E-state index contributed by atoms with van der Waals surface area (Å²) in [5.41, 5.74) is -0.131. The van der Waals surface area contributed by atoms with E-state index >= 15 is 0 Å². The number of non-ortho nitro benzene ring substituents is 1. The summed E-state index contributed by atoms with van der Waals surface area (Å²) in [6.45, 7) is 2.60. The second-order valence-electron chi connectivity index (χ2n) is 6.10. The standard InChI is InChI=1S/C17H21N3O7/c1-3-4-11(2)18-15(21)9-27-17(23)8-19-13-7-12(20(24)25)5-6-14(13)26-10-16(19)22/h5-7,11H,3-4,8-10H2,1-2H3,(H,18,21)/t11-/m1/s1. The van der Waals surface area contributed by atoms with E-state index in [0.717, 1.165) is 23.8 Å². The van der Waals surface area contributed by atoms with Crippen LogP contribution in [0, 0.1) is 10.1 Å². The first-order valence-electron chi connectivity index (χ1n) is 8.48. The molecule has 10 nitrogen and oxygen atoms in total. The van der Waals surface area contributed by atoms with E-state index in [2.05, 4.69) is 5.32 Å². The van der Waals surface area contributed by atoms with Crippen LogP contribution in [0.1, 0.15) is 26.7 Å². The van der Waals surface area contributed by atoms with Gasteiger partial charge in [-0.3, -0.25) is 29.4 Å². The molecule has 1 N–H and O–H groups in total. The summed E-state index contributed by atoms with van der Waals surface area (Å²) in [5.74, 6) is -1.53. The lowest BCUT2D eigenvalue weighted by Crippen LogP contribution is -2.43. The molecule has 1 aliphatic rings. The lowest BCUT2D eigenvalue weighted by atomic mass is 10.2. The molecule has 1 aliphatic heterocycles. The average molecular weight is 379 g/mol. The van der Waals surface area contributed by atoms with Gasteiger partial charge >= 0.3 is 5.97 Å². The van der Waals surface area contributed by atoms with Gasteiger partial charge in [0.15, 0.2) is 13.2 Å². The Bertz CT molecular complexity index is 750. The summed E-state index contributed by atoms with van der Waals surface area (Å²) in [6, 6.07) is 3.72. The van der Waals surface area contributed by atoms with Crippen molar-refractivity contribution in [2.24, 2.45) is 0 Å². The van der Waals surface area contributed by atoms with Gasteiger partial charge in [-0.05, 0) is 19.4 Å². The number of carbonyl (C=O) groups is 3. The number of anilines is 1. The number of amides is 2. The molecule has 2 rings (SSSR count). The van der Waals surface area contributed by atoms with Crippen molar-refractivity contribution in [3.63, 3.8) is 0 Å². The maximum Gasteiger partial charge on any atom is 0.326 e. The van der Waals surface area contributed by atoms with Gasteiger partial charge in [0.2, 0.25) is 0 Å². The van der Waals surface area contributed by atoms with Crippen LogP contribution in [0.3, 0.4) is 0 Å². The molecule has 0 radical (unpaired) electrons. The molecule has 1 heterocycles. The van der Waals surface area contributed by atoms with Gasteiger partial charge in [0.05, 0.1) is 10.6 Å². The Morgan fingerprint density at radius 1 is 1.44 bits per heavy atom. The maximum atomic E-state index is 12.1. The van der Waals surface area contributed by atoms with Gasteiger partial charge < -0.3 is 14.8 Å². The minimum Gasteiger partial charge on any atom is -0.482 e. The van der Waals surface area contributed by atoms with Gasteiger partial charge in [0.25, 0.3) is 17.5 Å². The third kappa shape index (κ3) is 5.40. The van der Waals surface area contributed by atoms with Crippen LogP contribution in [0.15, 0.2) is 18.2 Å². The summed E-state index contributed by atoms with van der Waals surface area (Å²) >= 11 is 0. The number of fused-ring (bicyclic) bond motifs is 1.